The van der Waals surface area contributed by atoms with Crippen LogP contribution in [0.25, 0.3) is 0 Å². The summed E-state index contributed by atoms with van der Waals surface area (Å²) in [4.78, 5) is 4.28. The van der Waals surface area contributed by atoms with Gasteiger partial charge in [-0.3, -0.25) is 0 Å². The van der Waals surface area contributed by atoms with Gasteiger partial charge in [-0.2, -0.15) is 0 Å². The molecular weight excluding hydrogens is 232 g/mol. The molecular formula is C14H15ClN2. The second-order valence-corrected chi connectivity index (χ2v) is 4.37. The monoisotopic (exact) mass is 246 g/mol. The zero-order chi connectivity index (χ0) is 12.3. The fraction of sp³-hybridized carbons (Fsp3) is 0.214. The Morgan fingerprint density at radius 3 is 2.82 bits per heavy atom. The first-order chi connectivity index (χ1) is 8.19. The summed E-state index contributed by atoms with van der Waals surface area (Å²) in [6.07, 6.45) is 1.03. The van der Waals surface area contributed by atoms with E-state index in [0.29, 0.717) is 5.15 Å². The maximum absolute atomic E-state index is 5.89. The Labute approximate surface area is 107 Å². The fourth-order valence-electron chi connectivity index (χ4n) is 1.64. The van der Waals surface area contributed by atoms with Crippen LogP contribution in [0, 0.1) is 6.92 Å². The van der Waals surface area contributed by atoms with E-state index in [9.17, 15) is 0 Å². The Morgan fingerprint density at radius 2 is 2.06 bits per heavy atom. The van der Waals surface area contributed by atoms with Crippen LogP contribution in [0.3, 0.4) is 0 Å². The molecule has 1 N–H and O–H groups in total. The average Bonchev–Trinajstić information content (AvgIpc) is 2.34. The number of pyridine rings is 1. The van der Waals surface area contributed by atoms with Gasteiger partial charge in [-0.05, 0) is 42.7 Å². The van der Waals surface area contributed by atoms with Crippen molar-refractivity contribution in [3.63, 3.8) is 0 Å². The van der Waals surface area contributed by atoms with E-state index in [0.717, 1.165) is 23.5 Å². The highest BCUT2D eigenvalue weighted by Crippen LogP contribution is 2.21. The van der Waals surface area contributed by atoms with Gasteiger partial charge in [0.1, 0.15) is 11.0 Å². The van der Waals surface area contributed by atoms with Crippen molar-refractivity contribution in [1.29, 1.82) is 0 Å². The molecule has 2 rings (SSSR count). The third-order valence-electron chi connectivity index (χ3n) is 2.66. The predicted octanol–water partition coefficient (Wildman–Crippen LogP) is 4.35. The second-order valence-electron chi connectivity index (χ2n) is 3.98. The molecule has 1 aromatic heterocycles. The number of halogens is 1. The Morgan fingerprint density at radius 1 is 1.24 bits per heavy atom. The first kappa shape index (κ1) is 11.9. The molecule has 0 fully saturated rings. The van der Waals surface area contributed by atoms with E-state index < -0.39 is 0 Å². The van der Waals surface area contributed by atoms with Crippen molar-refractivity contribution < 1.29 is 0 Å². The van der Waals surface area contributed by atoms with Crippen molar-refractivity contribution in [3.8, 4) is 0 Å². The summed E-state index contributed by atoms with van der Waals surface area (Å²) in [5.74, 6) is 0.811. The van der Waals surface area contributed by atoms with Gasteiger partial charge in [0.25, 0.3) is 0 Å². The summed E-state index contributed by atoms with van der Waals surface area (Å²) in [6, 6.07) is 12.1. The van der Waals surface area contributed by atoms with Crippen molar-refractivity contribution in [2.24, 2.45) is 0 Å². The lowest BCUT2D eigenvalue weighted by Gasteiger charge is -2.09. The van der Waals surface area contributed by atoms with Gasteiger partial charge in [-0.25, -0.2) is 4.98 Å². The maximum atomic E-state index is 5.89. The number of benzene rings is 1. The van der Waals surface area contributed by atoms with Gasteiger partial charge in [0.05, 0.1) is 0 Å². The molecule has 0 bridgehead atoms. The number of nitrogens with one attached hydrogen (secondary N) is 1. The number of rotatable bonds is 3. The van der Waals surface area contributed by atoms with Gasteiger partial charge in [0.2, 0.25) is 0 Å². The molecule has 2 nitrogen and oxygen atoms in total. The Bertz CT molecular complexity index is 523. The summed E-state index contributed by atoms with van der Waals surface area (Å²) in [7, 11) is 0. The topological polar surface area (TPSA) is 24.9 Å². The molecule has 2 aromatic rings. The lowest BCUT2D eigenvalue weighted by atomic mass is 10.1. The van der Waals surface area contributed by atoms with Gasteiger partial charge in [0, 0.05) is 5.69 Å². The van der Waals surface area contributed by atoms with Crippen LogP contribution in [0.15, 0.2) is 36.4 Å². The lowest BCUT2D eigenvalue weighted by molar-refractivity contribution is 1.14. The standard InChI is InChI=1S/C14H15ClN2/c1-3-11-5-4-6-12(9-11)16-14-10(2)7-8-13(15)17-14/h4-9H,3H2,1-2H3,(H,16,17). The highest BCUT2D eigenvalue weighted by atomic mass is 35.5. The van der Waals surface area contributed by atoms with E-state index in [1.165, 1.54) is 5.56 Å². The SMILES string of the molecule is CCc1cccc(Nc2nc(Cl)ccc2C)c1. The highest BCUT2D eigenvalue weighted by molar-refractivity contribution is 6.29. The molecule has 1 heterocycles. The van der Waals surface area contributed by atoms with Crippen molar-refractivity contribution in [3.05, 3.63) is 52.7 Å². The predicted molar refractivity (Wildman–Crippen MR) is 73.1 cm³/mol. The summed E-state index contributed by atoms with van der Waals surface area (Å²) in [5.41, 5.74) is 3.42. The van der Waals surface area contributed by atoms with Crippen molar-refractivity contribution in [2.75, 3.05) is 5.32 Å². The molecule has 0 atom stereocenters. The van der Waals surface area contributed by atoms with Crippen LogP contribution in [0.5, 0.6) is 0 Å². The largest absolute Gasteiger partial charge is 0.340 e. The van der Waals surface area contributed by atoms with E-state index in [2.05, 4.69) is 29.4 Å². The van der Waals surface area contributed by atoms with E-state index in [-0.39, 0.29) is 0 Å². The van der Waals surface area contributed by atoms with Crippen LogP contribution in [-0.2, 0) is 6.42 Å². The Kier molecular flexibility index (Phi) is 3.64. The Hall–Kier alpha value is -1.54. The first-order valence-corrected chi connectivity index (χ1v) is 6.06. The zero-order valence-electron chi connectivity index (χ0n) is 10.00. The summed E-state index contributed by atoms with van der Waals surface area (Å²) >= 11 is 5.89. The third-order valence-corrected chi connectivity index (χ3v) is 2.87. The van der Waals surface area contributed by atoms with Crippen molar-refractivity contribution in [1.82, 2.24) is 4.98 Å². The molecule has 1 aromatic carbocycles. The Balaban J connectivity index is 2.27. The molecule has 0 aliphatic rings. The molecule has 0 saturated heterocycles. The van der Waals surface area contributed by atoms with Gasteiger partial charge in [-0.1, -0.05) is 36.7 Å². The minimum Gasteiger partial charge on any atom is -0.340 e. The molecule has 0 radical (unpaired) electrons. The summed E-state index contributed by atoms with van der Waals surface area (Å²) in [5, 5.41) is 3.80. The highest BCUT2D eigenvalue weighted by Gasteiger charge is 2.02. The van der Waals surface area contributed by atoms with Gasteiger partial charge in [0.15, 0.2) is 0 Å². The quantitative estimate of drug-likeness (QED) is 0.815. The van der Waals surface area contributed by atoms with E-state index in [4.69, 9.17) is 11.6 Å². The van der Waals surface area contributed by atoms with Crippen LogP contribution in [0.2, 0.25) is 5.15 Å². The van der Waals surface area contributed by atoms with Crippen LogP contribution < -0.4 is 5.32 Å². The van der Waals surface area contributed by atoms with Gasteiger partial charge < -0.3 is 5.32 Å². The van der Waals surface area contributed by atoms with Crippen LogP contribution in [-0.4, -0.2) is 4.98 Å². The molecule has 3 heteroatoms. The number of hydrogen-bond donors (Lipinski definition) is 1. The van der Waals surface area contributed by atoms with Crippen LogP contribution in [0.4, 0.5) is 11.5 Å². The smallest absolute Gasteiger partial charge is 0.135 e. The van der Waals surface area contributed by atoms with E-state index in [1.54, 1.807) is 6.07 Å². The minimum atomic E-state index is 0.504. The number of aromatic nitrogens is 1. The third kappa shape index (κ3) is 2.98. The average molecular weight is 247 g/mol. The first-order valence-electron chi connectivity index (χ1n) is 5.68. The summed E-state index contributed by atoms with van der Waals surface area (Å²) < 4.78 is 0. The molecule has 0 amide bonds. The molecule has 88 valence electrons. The fourth-order valence-corrected chi connectivity index (χ4v) is 1.78. The zero-order valence-corrected chi connectivity index (χ0v) is 10.8. The van der Waals surface area contributed by atoms with Gasteiger partial charge in [-0.15, -0.1) is 0 Å². The van der Waals surface area contributed by atoms with E-state index in [1.807, 2.05) is 25.1 Å². The number of aryl methyl sites for hydroxylation is 2. The van der Waals surface area contributed by atoms with Crippen LogP contribution >= 0.6 is 11.6 Å². The van der Waals surface area contributed by atoms with Crippen LogP contribution in [0.1, 0.15) is 18.1 Å². The van der Waals surface area contributed by atoms with Gasteiger partial charge >= 0.3 is 0 Å². The lowest BCUT2D eigenvalue weighted by Crippen LogP contribution is -1.97. The second kappa shape index (κ2) is 5.19. The van der Waals surface area contributed by atoms with Crippen molar-refractivity contribution in [2.45, 2.75) is 20.3 Å². The molecule has 0 aliphatic heterocycles. The molecule has 0 spiro atoms. The molecule has 0 saturated carbocycles. The number of nitrogens with zero attached hydrogens (tertiary/aromatic N) is 1. The summed E-state index contributed by atoms with van der Waals surface area (Å²) in [6.45, 7) is 4.15. The number of hydrogen-bond acceptors (Lipinski definition) is 2. The van der Waals surface area contributed by atoms with E-state index >= 15 is 0 Å². The molecule has 17 heavy (non-hydrogen) atoms. The molecule has 0 aliphatic carbocycles. The maximum Gasteiger partial charge on any atom is 0.135 e. The number of anilines is 2. The molecule has 0 unspecified atom stereocenters. The van der Waals surface area contributed by atoms with Crippen molar-refractivity contribution >= 4 is 23.1 Å². The minimum absolute atomic E-state index is 0.504. The normalized spacial score (nSPS) is 10.3.